The Labute approximate surface area is 113 Å². The fourth-order valence-electron chi connectivity index (χ4n) is 1.93. The van der Waals surface area contributed by atoms with E-state index in [1.807, 2.05) is 0 Å². The maximum absolute atomic E-state index is 12.9. The molecule has 0 saturated carbocycles. The molecule has 8 heteroatoms. The van der Waals surface area contributed by atoms with Crippen molar-refractivity contribution < 1.29 is 9.31 Å². The molecular weight excluding hydrogens is 265 g/mol. The molecule has 0 aromatic carbocycles. The van der Waals surface area contributed by atoms with Crippen LogP contribution in [-0.4, -0.2) is 14.9 Å². The summed E-state index contributed by atoms with van der Waals surface area (Å²) in [4.78, 5) is 18.1. The van der Waals surface area contributed by atoms with Crippen molar-refractivity contribution >= 4 is 17.3 Å². The molecule has 0 aliphatic rings. The van der Waals surface area contributed by atoms with Crippen LogP contribution in [0, 0.1) is 15.9 Å². The van der Waals surface area contributed by atoms with E-state index in [0.717, 1.165) is 6.20 Å². The van der Waals surface area contributed by atoms with Gasteiger partial charge in [-0.3, -0.25) is 15.1 Å². The molecule has 4 N–H and O–H groups in total. The molecule has 1 atom stereocenters. The van der Waals surface area contributed by atoms with Crippen LogP contribution in [0.5, 0.6) is 0 Å². The van der Waals surface area contributed by atoms with Crippen molar-refractivity contribution in [3.05, 3.63) is 51.6 Å². The fraction of sp³-hybridized carbons (Fsp3) is 0.167. The lowest BCUT2D eigenvalue weighted by atomic mass is 9.96. The molecule has 104 valence electrons. The zero-order valence-corrected chi connectivity index (χ0v) is 10.6. The molecule has 0 amide bonds. The van der Waals surface area contributed by atoms with Crippen molar-refractivity contribution in [1.82, 2.24) is 9.97 Å². The van der Waals surface area contributed by atoms with E-state index < -0.39 is 16.7 Å². The van der Waals surface area contributed by atoms with Crippen LogP contribution in [0.3, 0.4) is 0 Å². The average molecular weight is 277 g/mol. The number of anilines is 2. The van der Waals surface area contributed by atoms with Crippen LogP contribution in [0.15, 0.2) is 24.4 Å². The summed E-state index contributed by atoms with van der Waals surface area (Å²) < 4.78 is 12.9. The van der Waals surface area contributed by atoms with E-state index >= 15 is 0 Å². The number of rotatable bonds is 3. The highest BCUT2D eigenvalue weighted by Crippen LogP contribution is 2.34. The Bertz CT molecular complexity index is 660. The topological polar surface area (TPSA) is 121 Å². The van der Waals surface area contributed by atoms with Gasteiger partial charge in [0.2, 0.25) is 5.82 Å². The van der Waals surface area contributed by atoms with E-state index in [1.54, 1.807) is 6.92 Å². The van der Waals surface area contributed by atoms with E-state index in [-0.39, 0.29) is 17.3 Å². The SMILES string of the molecule is CC(c1ccc(F)cn1)c1cc(N)nc(N)c1[N+](=O)[O-]. The van der Waals surface area contributed by atoms with Gasteiger partial charge in [0.05, 0.1) is 11.1 Å². The number of hydrogen-bond acceptors (Lipinski definition) is 6. The number of nitrogens with zero attached hydrogens (tertiary/aromatic N) is 3. The molecule has 0 bridgehead atoms. The first kappa shape index (κ1) is 13.7. The molecule has 0 radical (unpaired) electrons. The molecule has 1 unspecified atom stereocenters. The third kappa shape index (κ3) is 2.48. The number of hydrogen-bond donors (Lipinski definition) is 2. The van der Waals surface area contributed by atoms with E-state index in [1.165, 1.54) is 18.2 Å². The zero-order chi connectivity index (χ0) is 14.9. The molecule has 0 saturated heterocycles. The minimum Gasteiger partial charge on any atom is -0.384 e. The number of aromatic nitrogens is 2. The molecule has 7 nitrogen and oxygen atoms in total. The minimum atomic E-state index is -0.614. The molecule has 2 aromatic heterocycles. The van der Waals surface area contributed by atoms with E-state index in [0.29, 0.717) is 11.3 Å². The second-order valence-electron chi connectivity index (χ2n) is 4.25. The quantitative estimate of drug-likeness (QED) is 0.652. The van der Waals surface area contributed by atoms with Crippen LogP contribution in [0.2, 0.25) is 0 Å². The number of nitrogens with two attached hydrogens (primary N) is 2. The third-order valence-corrected chi connectivity index (χ3v) is 2.91. The normalized spacial score (nSPS) is 12.1. The van der Waals surface area contributed by atoms with Crippen molar-refractivity contribution in [2.75, 3.05) is 11.5 Å². The van der Waals surface area contributed by atoms with Crippen LogP contribution < -0.4 is 11.5 Å². The number of nitro groups is 1. The highest BCUT2D eigenvalue weighted by atomic mass is 19.1. The molecule has 2 heterocycles. The summed E-state index contributed by atoms with van der Waals surface area (Å²) in [6.07, 6.45) is 1.05. The van der Waals surface area contributed by atoms with Gasteiger partial charge in [-0.05, 0) is 18.2 Å². The van der Waals surface area contributed by atoms with Crippen LogP contribution in [0.25, 0.3) is 0 Å². The summed E-state index contributed by atoms with van der Waals surface area (Å²) in [5.41, 5.74) is 11.6. The first-order valence-electron chi connectivity index (χ1n) is 5.72. The summed E-state index contributed by atoms with van der Waals surface area (Å²) in [5, 5.41) is 11.1. The largest absolute Gasteiger partial charge is 0.384 e. The number of pyridine rings is 2. The highest BCUT2D eigenvalue weighted by Gasteiger charge is 2.26. The van der Waals surface area contributed by atoms with Crippen molar-refractivity contribution in [3.8, 4) is 0 Å². The zero-order valence-electron chi connectivity index (χ0n) is 10.6. The Hall–Kier alpha value is -2.77. The molecule has 0 fully saturated rings. The molecule has 2 aromatic rings. The third-order valence-electron chi connectivity index (χ3n) is 2.91. The van der Waals surface area contributed by atoms with Gasteiger partial charge in [-0.2, -0.15) is 0 Å². The summed E-state index contributed by atoms with van der Waals surface area (Å²) in [7, 11) is 0. The Morgan fingerprint density at radius 3 is 2.65 bits per heavy atom. The van der Waals surface area contributed by atoms with Crippen LogP contribution in [-0.2, 0) is 0 Å². The van der Waals surface area contributed by atoms with Crippen LogP contribution in [0.4, 0.5) is 21.7 Å². The monoisotopic (exact) mass is 277 g/mol. The van der Waals surface area contributed by atoms with E-state index in [2.05, 4.69) is 9.97 Å². The van der Waals surface area contributed by atoms with Gasteiger partial charge >= 0.3 is 5.69 Å². The lowest BCUT2D eigenvalue weighted by Gasteiger charge is -2.13. The summed E-state index contributed by atoms with van der Waals surface area (Å²) in [6, 6.07) is 4.07. The summed E-state index contributed by atoms with van der Waals surface area (Å²) >= 11 is 0. The average Bonchev–Trinajstić information content (AvgIpc) is 2.37. The van der Waals surface area contributed by atoms with Gasteiger partial charge in [-0.15, -0.1) is 0 Å². The number of nitrogen functional groups attached to an aromatic ring is 2. The molecule has 0 spiro atoms. The minimum absolute atomic E-state index is 0.0806. The van der Waals surface area contributed by atoms with E-state index in [4.69, 9.17) is 11.5 Å². The lowest BCUT2D eigenvalue weighted by molar-refractivity contribution is -0.384. The predicted molar refractivity (Wildman–Crippen MR) is 71.4 cm³/mol. The van der Waals surface area contributed by atoms with Gasteiger partial charge in [-0.25, -0.2) is 9.37 Å². The maximum atomic E-state index is 12.9. The van der Waals surface area contributed by atoms with Gasteiger partial charge in [0.1, 0.15) is 11.6 Å². The van der Waals surface area contributed by atoms with Crippen molar-refractivity contribution in [2.24, 2.45) is 0 Å². The molecule has 0 aliphatic heterocycles. The van der Waals surface area contributed by atoms with Crippen LogP contribution >= 0.6 is 0 Å². The predicted octanol–water partition coefficient (Wildman–Crippen LogP) is 1.84. The Morgan fingerprint density at radius 2 is 2.10 bits per heavy atom. The van der Waals surface area contributed by atoms with Gasteiger partial charge < -0.3 is 11.5 Å². The van der Waals surface area contributed by atoms with Crippen molar-refractivity contribution in [3.63, 3.8) is 0 Å². The molecule has 0 aliphatic carbocycles. The van der Waals surface area contributed by atoms with Gasteiger partial charge in [0.15, 0.2) is 0 Å². The standard InChI is InChI=1S/C12H12FN5O2/c1-6(9-3-2-7(13)5-16-9)8-4-10(14)17-12(15)11(8)18(19)20/h2-6H,1H3,(H4,14,15,17). The Balaban J connectivity index is 2.56. The Morgan fingerprint density at radius 1 is 1.40 bits per heavy atom. The van der Waals surface area contributed by atoms with Crippen molar-refractivity contribution in [1.29, 1.82) is 0 Å². The van der Waals surface area contributed by atoms with Crippen molar-refractivity contribution in [2.45, 2.75) is 12.8 Å². The molecular formula is C12H12FN5O2. The van der Waals surface area contributed by atoms with E-state index in [9.17, 15) is 14.5 Å². The van der Waals surface area contributed by atoms with Gasteiger partial charge in [0.25, 0.3) is 0 Å². The molecule has 20 heavy (non-hydrogen) atoms. The maximum Gasteiger partial charge on any atom is 0.315 e. The van der Waals surface area contributed by atoms with Gasteiger partial charge in [0, 0.05) is 17.2 Å². The smallest absolute Gasteiger partial charge is 0.315 e. The summed E-state index contributed by atoms with van der Waals surface area (Å²) in [5.74, 6) is -1.12. The second kappa shape index (κ2) is 5.08. The fourth-order valence-corrected chi connectivity index (χ4v) is 1.93. The van der Waals surface area contributed by atoms with Crippen LogP contribution in [0.1, 0.15) is 24.1 Å². The number of halogens is 1. The molecule has 2 rings (SSSR count). The van der Waals surface area contributed by atoms with Gasteiger partial charge in [-0.1, -0.05) is 6.92 Å². The first-order valence-corrected chi connectivity index (χ1v) is 5.72. The highest BCUT2D eigenvalue weighted by molar-refractivity contribution is 5.63. The first-order chi connectivity index (χ1) is 9.40. The lowest BCUT2D eigenvalue weighted by Crippen LogP contribution is -2.09. The summed E-state index contributed by atoms with van der Waals surface area (Å²) in [6.45, 7) is 1.70. The Kier molecular flexibility index (Phi) is 3.47. The second-order valence-corrected chi connectivity index (χ2v) is 4.25.